The summed E-state index contributed by atoms with van der Waals surface area (Å²) in [5.74, 6) is -0.422. The Bertz CT molecular complexity index is 5150. The number of nitrogens with one attached hydrogen (secondary N) is 3. The molecular weight excluding hydrogens is 1620 g/mol. The summed E-state index contributed by atoms with van der Waals surface area (Å²) in [6.45, 7) is 15.6. The maximum absolute atomic E-state index is 12.1. The van der Waals surface area contributed by atoms with Crippen LogP contribution in [0.4, 0.5) is 22.7 Å². The Hall–Kier alpha value is -8.90. The average molecular weight is 1710 g/mol. The first-order chi connectivity index (χ1) is 51.7. The number of rotatable bonds is 14. The molecule has 3 saturated heterocycles. The van der Waals surface area contributed by atoms with E-state index in [0.717, 1.165) is 217 Å². The molecule has 0 saturated carbocycles. The van der Waals surface area contributed by atoms with Gasteiger partial charge in [-0.2, -0.15) is 0 Å². The highest BCUT2D eigenvalue weighted by Crippen LogP contribution is 2.35. The minimum Gasteiger partial charge on any atom is -0.465 e. The van der Waals surface area contributed by atoms with Crippen LogP contribution in [0, 0.1) is 0 Å². The first kappa shape index (κ1) is 79.2. The number of pyridine rings is 4. The molecule has 5 N–H and O–H groups in total. The molecule has 13 aromatic rings. The summed E-state index contributed by atoms with van der Waals surface area (Å²) >= 11 is 20.0. The molecule has 21 heteroatoms. The van der Waals surface area contributed by atoms with Gasteiger partial charge < -0.3 is 45.4 Å². The van der Waals surface area contributed by atoms with Gasteiger partial charge in [-0.25, -0.2) is 19.7 Å². The molecule has 3 fully saturated rings. The Morgan fingerprint density at radius 3 is 1.42 bits per heavy atom. The van der Waals surface area contributed by atoms with Gasteiger partial charge in [0.25, 0.3) is 0 Å². The van der Waals surface area contributed by atoms with Gasteiger partial charge in [-0.1, -0.05) is 204 Å². The number of methoxy groups -OCH3 is 1. The molecule has 107 heavy (non-hydrogen) atoms. The predicted molar refractivity (Wildman–Crippen MR) is 457 cm³/mol. The minimum absolute atomic E-state index is 0. The van der Waals surface area contributed by atoms with Gasteiger partial charge in [0.15, 0.2) is 5.43 Å². The second-order valence-corrected chi connectivity index (χ2v) is 29.7. The van der Waals surface area contributed by atoms with Gasteiger partial charge in [-0.15, -0.1) is 0 Å². The zero-order valence-electron chi connectivity index (χ0n) is 59.0. The Balaban J connectivity index is 0.000000138. The highest BCUT2D eigenvalue weighted by atomic mass is 79.9. The molecule has 0 amide bonds. The number of fused-ring (bicyclic) bond motifs is 4. The van der Waals surface area contributed by atoms with E-state index in [2.05, 4.69) is 195 Å². The Morgan fingerprint density at radius 1 is 0.495 bits per heavy atom. The van der Waals surface area contributed by atoms with Crippen LogP contribution in [0.25, 0.3) is 88.6 Å². The van der Waals surface area contributed by atoms with Gasteiger partial charge >= 0.3 is 5.97 Å². The first-order valence-electron chi connectivity index (χ1n) is 35.2. The van der Waals surface area contributed by atoms with Crippen LogP contribution >= 0.6 is 75.3 Å². The first-order valence-corrected chi connectivity index (χ1v) is 38.7. The number of aromatic amines is 1. The number of hydrogen-bond acceptors (Lipinski definition) is 15. The molecule has 0 bridgehead atoms. The number of aromatic nitrogens is 4. The number of benzene rings is 9. The molecule has 16 nitrogen and oxygen atoms in total. The number of ether oxygens (including phenoxy) is 3. The van der Waals surface area contributed by atoms with Crippen molar-refractivity contribution < 1.29 is 19.0 Å². The van der Waals surface area contributed by atoms with E-state index in [4.69, 9.17) is 36.8 Å². The van der Waals surface area contributed by atoms with Gasteiger partial charge in [0.1, 0.15) is 0 Å². The zero-order chi connectivity index (χ0) is 73.7. The Kier molecular flexibility index (Phi) is 29.1. The van der Waals surface area contributed by atoms with Crippen LogP contribution in [-0.2, 0) is 14.2 Å². The number of nitrogens with two attached hydrogens (primary N) is 1. The van der Waals surface area contributed by atoms with Crippen molar-refractivity contribution in [3.63, 3.8) is 0 Å². The van der Waals surface area contributed by atoms with E-state index in [9.17, 15) is 9.59 Å². The number of nitrogen functional groups attached to an aromatic ring is 1. The lowest BCUT2D eigenvalue weighted by Crippen LogP contribution is -2.44. The third-order valence-electron chi connectivity index (χ3n) is 18.4. The van der Waals surface area contributed by atoms with E-state index < -0.39 is 5.97 Å². The summed E-state index contributed by atoms with van der Waals surface area (Å²) in [6, 6.07) is 78.2. The number of piperazine rings is 1. The lowest BCUT2D eigenvalue weighted by Gasteiger charge is -2.34. The molecule has 9 aromatic carbocycles. The molecule has 3 aliphatic rings. The zero-order valence-corrected chi connectivity index (χ0v) is 66.1. The van der Waals surface area contributed by atoms with Crippen LogP contribution in [0.5, 0.6) is 0 Å². The van der Waals surface area contributed by atoms with Gasteiger partial charge in [0.2, 0.25) is 0 Å². The summed E-state index contributed by atoms with van der Waals surface area (Å²) in [4.78, 5) is 50.7. The monoisotopic (exact) mass is 1700 g/mol. The van der Waals surface area contributed by atoms with E-state index in [1.54, 1.807) is 24.3 Å². The molecule has 0 unspecified atom stereocenters. The van der Waals surface area contributed by atoms with Crippen LogP contribution in [0.3, 0.4) is 0 Å². The van der Waals surface area contributed by atoms with E-state index in [0.29, 0.717) is 16.6 Å². The van der Waals surface area contributed by atoms with E-state index >= 15 is 0 Å². The van der Waals surface area contributed by atoms with Gasteiger partial charge in [0.05, 0.1) is 77.8 Å². The standard InChI is InChI=1S/C26H33N5O.C21H22BrN3O.C15H9BrClN.C15H10BrNO.C8H8BrNO2.CH4/c1-29-11-13-31(14-12-29)22-7-8-24-23(19-22)26(27-9-10-30-15-17-32-18-16-30)20-25(28-24)21-5-3-2-4-6-21;22-17-6-7-19-18(14-17)21(23-8-9-25-10-12-26-13-11-25)15-20(24-19)16-4-2-1-3-5-16;16-11-6-7-14-12(8-11)13(17)9-15(18-14)10-4-2-1-3-5-10;16-11-6-7-13-12(8-11)15(18)9-14(17-13)10-4-2-1-3-5-10;1-12-8(11)6-4-5(9)2-3-7(6)10;/h2-8,19-20H,9-18H2,1H3,(H,27,28);1-7,14-15H,8-13H2,(H,23,24);1-9H;1-9H,(H,17,18);2-4H,10H2,1H3;1H4. The largest absolute Gasteiger partial charge is 0.465 e. The number of H-pyrrole nitrogens is 1. The number of halogens is 5. The van der Waals surface area contributed by atoms with Crippen molar-refractivity contribution in [1.29, 1.82) is 0 Å². The lowest BCUT2D eigenvalue weighted by atomic mass is 10.1. The number of carbonyl (C=O) groups is 1. The molecule has 3 aliphatic heterocycles. The number of morpholine rings is 2. The van der Waals surface area contributed by atoms with Crippen LogP contribution < -0.4 is 26.7 Å². The minimum atomic E-state index is -0.422. The molecule has 550 valence electrons. The van der Waals surface area contributed by atoms with Crippen molar-refractivity contribution in [2.24, 2.45) is 0 Å². The molecule has 7 heterocycles. The maximum atomic E-state index is 12.1. The molecule has 0 atom stereocenters. The predicted octanol–water partition coefficient (Wildman–Crippen LogP) is 19.5. The van der Waals surface area contributed by atoms with Crippen LogP contribution in [0.15, 0.2) is 259 Å². The lowest BCUT2D eigenvalue weighted by molar-refractivity contribution is 0.0398. The summed E-state index contributed by atoms with van der Waals surface area (Å²) in [7, 11) is 3.52. The third kappa shape index (κ3) is 21.9. The Labute approximate surface area is 664 Å². The average Bonchev–Trinajstić information content (AvgIpc) is 1.00. The normalized spacial score (nSPS) is 13.8. The van der Waals surface area contributed by atoms with Crippen molar-refractivity contribution in [3.8, 4) is 45.0 Å². The molecule has 4 aromatic heterocycles. The molecular formula is C86H86Br4ClN11O5. The maximum Gasteiger partial charge on any atom is 0.339 e. The van der Waals surface area contributed by atoms with E-state index in [1.165, 1.54) is 18.2 Å². The highest BCUT2D eigenvalue weighted by Gasteiger charge is 2.19. The number of anilines is 4. The van der Waals surface area contributed by atoms with Crippen molar-refractivity contribution >= 4 is 148 Å². The van der Waals surface area contributed by atoms with Crippen LogP contribution in [-0.4, -0.2) is 160 Å². The second kappa shape index (κ2) is 39.3. The van der Waals surface area contributed by atoms with Crippen molar-refractivity contribution in [2.75, 3.05) is 140 Å². The van der Waals surface area contributed by atoms with Crippen molar-refractivity contribution in [3.05, 3.63) is 275 Å². The number of carbonyl (C=O) groups excluding carboxylic acids is 1. The second-order valence-electron chi connectivity index (χ2n) is 25.6. The number of esters is 1. The fourth-order valence-electron chi connectivity index (χ4n) is 12.5. The molecule has 16 rings (SSSR count). The van der Waals surface area contributed by atoms with Gasteiger partial charge in [0, 0.05) is 175 Å². The topological polar surface area (TPSA) is 179 Å². The summed E-state index contributed by atoms with van der Waals surface area (Å²) in [6.07, 6.45) is 0. The van der Waals surface area contributed by atoms with Gasteiger partial charge in [-0.3, -0.25) is 14.6 Å². The Morgan fingerprint density at radius 2 is 0.916 bits per heavy atom. The van der Waals surface area contributed by atoms with E-state index in [1.807, 2.05) is 133 Å². The summed E-state index contributed by atoms with van der Waals surface area (Å²) in [5, 5.41) is 12.1. The molecule has 0 spiro atoms. The van der Waals surface area contributed by atoms with Crippen LogP contribution in [0.2, 0.25) is 5.02 Å². The fourth-order valence-corrected chi connectivity index (χ4v) is 14.2. The van der Waals surface area contributed by atoms with Crippen LogP contribution in [0.1, 0.15) is 17.8 Å². The van der Waals surface area contributed by atoms with Gasteiger partial charge in [-0.05, 0) is 122 Å². The van der Waals surface area contributed by atoms with E-state index in [-0.39, 0.29) is 12.9 Å². The highest BCUT2D eigenvalue weighted by molar-refractivity contribution is 9.11. The number of hydrogen-bond donors (Lipinski definition) is 4. The molecule has 0 radical (unpaired) electrons. The molecule has 0 aliphatic carbocycles. The van der Waals surface area contributed by atoms with Crippen molar-refractivity contribution in [1.82, 2.24) is 34.6 Å². The fraction of sp³-hybridized carbons (Fsp3) is 0.221. The quantitative estimate of drug-likeness (QED) is 0.0596. The SMILES string of the molecule is Brc1ccc2nc(-c3ccccc3)cc(NCCN3CCOCC3)c2c1.C.CN1CCN(c2ccc3nc(-c4ccccc4)cc(NCCN4CCOCC4)c3c2)CC1.COC(=O)c1cc(Br)ccc1N.Clc1cc(-c2ccccc2)nc2ccc(Br)cc12.O=c1cc(-c2ccccc2)[nH]c2ccc(Br)cc12. The summed E-state index contributed by atoms with van der Waals surface area (Å²) in [5.41, 5.74) is 21.9. The smallest absolute Gasteiger partial charge is 0.339 e. The number of likely N-dealkylation sites (N-methyl/N-ethyl adjacent to an activating group) is 1. The van der Waals surface area contributed by atoms with Crippen molar-refractivity contribution in [2.45, 2.75) is 7.43 Å². The summed E-state index contributed by atoms with van der Waals surface area (Å²) < 4.78 is 19.2. The third-order valence-corrected chi connectivity index (χ3v) is 20.6. The number of nitrogens with zero attached hydrogens (tertiary/aromatic N) is 7.